The van der Waals surface area contributed by atoms with Crippen LogP contribution >= 0.6 is 0 Å². The molecule has 88 valence electrons. The Labute approximate surface area is 88.1 Å². The first kappa shape index (κ1) is 13.8. The Morgan fingerprint density at radius 2 is 1.93 bits per heavy atom. The monoisotopic (exact) mass is 238 g/mol. The highest BCUT2D eigenvalue weighted by Gasteiger charge is 2.09. The van der Waals surface area contributed by atoms with Crippen molar-refractivity contribution in [2.24, 2.45) is 0 Å². The van der Waals surface area contributed by atoms with E-state index in [0.717, 1.165) is 6.26 Å². The smallest absolute Gasteiger partial charge is 0.242 e. The van der Waals surface area contributed by atoms with E-state index >= 15 is 0 Å². The first-order chi connectivity index (χ1) is 6.72. The SMILES string of the molecule is CC(=O)N(O)CCCC(=O)NS(C)(=O)=O. The molecule has 0 aliphatic heterocycles. The molecule has 0 aliphatic rings. The van der Waals surface area contributed by atoms with E-state index in [2.05, 4.69) is 0 Å². The van der Waals surface area contributed by atoms with Gasteiger partial charge in [0, 0.05) is 19.9 Å². The fraction of sp³-hybridized carbons (Fsp3) is 0.714. The maximum Gasteiger partial charge on any atom is 0.242 e. The van der Waals surface area contributed by atoms with E-state index in [1.165, 1.54) is 6.92 Å². The van der Waals surface area contributed by atoms with Crippen molar-refractivity contribution in [3.05, 3.63) is 0 Å². The summed E-state index contributed by atoms with van der Waals surface area (Å²) in [5.74, 6) is -1.19. The number of rotatable bonds is 5. The standard InChI is InChI=1S/C7H14N2O5S/c1-6(10)9(12)5-3-4-7(11)8-15(2,13)14/h12H,3-5H2,1-2H3,(H,8,11). The molecule has 2 amide bonds. The van der Waals surface area contributed by atoms with E-state index < -0.39 is 21.8 Å². The number of hydroxylamine groups is 2. The van der Waals surface area contributed by atoms with Crippen LogP contribution in [-0.4, -0.2) is 43.3 Å². The van der Waals surface area contributed by atoms with Crippen LogP contribution in [0.1, 0.15) is 19.8 Å². The molecule has 0 atom stereocenters. The molecular formula is C7H14N2O5S. The van der Waals surface area contributed by atoms with Gasteiger partial charge in [-0.3, -0.25) is 19.5 Å². The topological polar surface area (TPSA) is 104 Å². The molecule has 0 aromatic carbocycles. The first-order valence-corrected chi connectivity index (χ1v) is 6.09. The average molecular weight is 238 g/mol. The van der Waals surface area contributed by atoms with Crippen LogP contribution in [0.2, 0.25) is 0 Å². The van der Waals surface area contributed by atoms with Crippen molar-refractivity contribution >= 4 is 21.8 Å². The van der Waals surface area contributed by atoms with E-state index in [1.807, 2.05) is 0 Å². The average Bonchev–Trinajstić information content (AvgIpc) is 2.00. The zero-order valence-corrected chi connectivity index (χ0v) is 9.37. The zero-order chi connectivity index (χ0) is 12.1. The highest BCUT2D eigenvalue weighted by molar-refractivity contribution is 7.89. The molecule has 0 unspecified atom stereocenters. The van der Waals surface area contributed by atoms with E-state index in [9.17, 15) is 18.0 Å². The lowest BCUT2D eigenvalue weighted by Crippen LogP contribution is -2.31. The lowest BCUT2D eigenvalue weighted by molar-refractivity contribution is -0.163. The number of nitrogens with zero attached hydrogens (tertiary/aromatic N) is 1. The van der Waals surface area contributed by atoms with Crippen LogP contribution in [0.25, 0.3) is 0 Å². The largest absolute Gasteiger partial charge is 0.286 e. The molecule has 15 heavy (non-hydrogen) atoms. The third kappa shape index (κ3) is 7.89. The summed E-state index contributed by atoms with van der Waals surface area (Å²) in [6.07, 6.45) is 0.994. The van der Waals surface area contributed by atoms with Crippen molar-refractivity contribution in [1.29, 1.82) is 0 Å². The van der Waals surface area contributed by atoms with Gasteiger partial charge in [-0.1, -0.05) is 0 Å². The minimum absolute atomic E-state index is 0.00743. The second kappa shape index (κ2) is 5.66. The fourth-order valence-electron chi connectivity index (χ4n) is 0.805. The van der Waals surface area contributed by atoms with E-state index in [0.29, 0.717) is 5.06 Å². The number of carbonyl (C=O) groups excluding carboxylic acids is 2. The Kier molecular flexibility index (Phi) is 5.23. The van der Waals surface area contributed by atoms with Gasteiger partial charge in [-0.15, -0.1) is 0 Å². The van der Waals surface area contributed by atoms with Gasteiger partial charge in [0.25, 0.3) is 0 Å². The summed E-state index contributed by atoms with van der Waals surface area (Å²) in [6, 6.07) is 0. The third-order valence-corrected chi connectivity index (χ3v) is 2.03. The molecule has 2 N–H and O–H groups in total. The van der Waals surface area contributed by atoms with Crippen LogP contribution in [-0.2, 0) is 19.6 Å². The van der Waals surface area contributed by atoms with Crippen molar-refractivity contribution in [1.82, 2.24) is 9.79 Å². The Hall–Kier alpha value is -1.15. The number of hydrogen-bond acceptors (Lipinski definition) is 5. The van der Waals surface area contributed by atoms with Crippen molar-refractivity contribution in [2.75, 3.05) is 12.8 Å². The molecule has 0 spiro atoms. The van der Waals surface area contributed by atoms with Crippen LogP contribution in [0.15, 0.2) is 0 Å². The predicted molar refractivity (Wildman–Crippen MR) is 51.4 cm³/mol. The highest BCUT2D eigenvalue weighted by Crippen LogP contribution is 1.93. The van der Waals surface area contributed by atoms with E-state index in [1.54, 1.807) is 4.72 Å². The lowest BCUT2D eigenvalue weighted by Gasteiger charge is -2.11. The lowest BCUT2D eigenvalue weighted by atomic mass is 10.3. The molecule has 0 rings (SSSR count). The maximum atomic E-state index is 10.9. The maximum absolute atomic E-state index is 10.9. The second-order valence-corrected chi connectivity index (χ2v) is 4.79. The van der Waals surface area contributed by atoms with Gasteiger partial charge < -0.3 is 0 Å². The van der Waals surface area contributed by atoms with Gasteiger partial charge in [0.15, 0.2) is 0 Å². The van der Waals surface area contributed by atoms with Crippen LogP contribution in [0, 0.1) is 0 Å². The van der Waals surface area contributed by atoms with Crippen molar-refractivity contribution < 1.29 is 23.2 Å². The van der Waals surface area contributed by atoms with Crippen LogP contribution in [0.3, 0.4) is 0 Å². The van der Waals surface area contributed by atoms with Crippen LogP contribution in [0.4, 0.5) is 0 Å². The van der Waals surface area contributed by atoms with Crippen molar-refractivity contribution in [2.45, 2.75) is 19.8 Å². The Morgan fingerprint density at radius 1 is 1.40 bits per heavy atom. The van der Waals surface area contributed by atoms with Gasteiger partial charge in [0.05, 0.1) is 6.26 Å². The minimum Gasteiger partial charge on any atom is -0.286 e. The fourth-order valence-corrected chi connectivity index (χ4v) is 1.32. The number of nitrogens with one attached hydrogen (secondary N) is 1. The van der Waals surface area contributed by atoms with Gasteiger partial charge in [-0.25, -0.2) is 13.5 Å². The number of hydrogen-bond donors (Lipinski definition) is 2. The summed E-state index contributed by atoms with van der Waals surface area (Å²) in [5, 5.41) is 9.37. The molecule has 0 radical (unpaired) electrons. The Bertz CT molecular complexity index is 337. The van der Waals surface area contributed by atoms with Gasteiger partial charge in [-0.2, -0.15) is 0 Å². The number of amides is 2. The Morgan fingerprint density at radius 3 is 2.33 bits per heavy atom. The summed E-state index contributed by atoms with van der Waals surface area (Å²) >= 11 is 0. The summed E-state index contributed by atoms with van der Waals surface area (Å²) in [5.41, 5.74) is 0. The number of sulfonamides is 1. The van der Waals surface area contributed by atoms with Gasteiger partial charge in [0.2, 0.25) is 21.8 Å². The normalized spacial score (nSPS) is 10.9. The molecular weight excluding hydrogens is 224 g/mol. The summed E-state index contributed by atoms with van der Waals surface area (Å²) in [6.45, 7) is 1.17. The molecule has 0 fully saturated rings. The molecule has 0 saturated heterocycles. The van der Waals surface area contributed by atoms with Crippen molar-refractivity contribution in [3.8, 4) is 0 Å². The summed E-state index contributed by atoms with van der Waals surface area (Å²) in [4.78, 5) is 21.5. The minimum atomic E-state index is -3.53. The molecule has 0 aliphatic carbocycles. The summed E-state index contributed by atoms with van der Waals surface area (Å²) in [7, 11) is -3.53. The zero-order valence-electron chi connectivity index (χ0n) is 8.56. The number of carbonyl (C=O) groups is 2. The second-order valence-electron chi connectivity index (χ2n) is 3.04. The quantitative estimate of drug-likeness (QED) is 0.476. The Balaban J connectivity index is 3.79. The molecule has 0 aromatic heterocycles. The third-order valence-electron chi connectivity index (χ3n) is 1.44. The van der Waals surface area contributed by atoms with Gasteiger partial charge in [-0.05, 0) is 6.42 Å². The molecule has 7 nitrogen and oxygen atoms in total. The summed E-state index contributed by atoms with van der Waals surface area (Å²) < 4.78 is 23.0. The van der Waals surface area contributed by atoms with E-state index in [-0.39, 0.29) is 19.4 Å². The van der Waals surface area contributed by atoms with E-state index in [4.69, 9.17) is 5.21 Å². The first-order valence-electron chi connectivity index (χ1n) is 4.20. The molecule has 0 heterocycles. The van der Waals surface area contributed by atoms with Gasteiger partial charge in [0.1, 0.15) is 0 Å². The van der Waals surface area contributed by atoms with Gasteiger partial charge >= 0.3 is 0 Å². The van der Waals surface area contributed by atoms with Crippen LogP contribution < -0.4 is 4.72 Å². The molecule has 0 bridgehead atoms. The molecule has 0 saturated carbocycles. The van der Waals surface area contributed by atoms with Crippen LogP contribution in [0.5, 0.6) is 0 Å². The molecule has 8 heteroatoms. The highest BCUT2D eigenvalue weighted by atomic mass is 32.2. The van der Waals surface area contributed by atoms with Crippen molar-refractivity contribution in [3.63, 3.8) is 0 Å². The predicted octanol–water partition coefficient (Wildman–Crippen LogP) is -0.920. The molecule has 0 aromatic rings.